The van der Waals surface area contributed by atoms with Gasteiger partial charge in [0.25, 0.3) is 0 Å². The fourth-order valence-electron chi connectivity index (χ4n) is 2.74. The monoisotopic (exact) mass is 476 g/mol. The molecule has 6 nitrogen and oxygen atoms in total. The minimum Gasteiger partial charge on any atom is -0.497 e. The highest BCUT2D eigenvalue weighted by Crippen LogP contribution is 2.38. The molecule has 0 saturated heterocycles. The van der Waals surface area contributed by atoms with E-state index in [9.17, 15) is 8.42 Å². The number of benzene rings is 3. The lowest BCUT2D eigenvalue weighted by molar-refractivity contribution is 0.412. The second kappa shape index (κ2) is 9.30. The topological polar surface area (TPSA) is 90.7 Å². The van der Waals surface area contributed by atoms with Gasteiger partial charge in [-0.3, -0.25) is 0 Å². The molecule has 0 bridgehead atoms. The Kier molecular flexibility index (Phi) is 6.79. The lowest BCUT2D eigenvalue weighted by Gasteiger charge is -2.18. The van der Waals surface area contributed by atoms with Gasteiger partial charge in [0.1, 0.15) is 16.4 Å². The summed E-state index contributed by atoms with van der Waals surface area (Å²) in [6.45, 7) is 0.496. The van der Waals surface area contributed by atoms with Crippen LogP contribution >= 0.6 is 15.9 Å². The van der Waals surface area contributed by atoms with Gasteiger partial charge in [0.05, 0.1) is 12.8 Å². The molecule has 0 amide bonds. The van der Waals surface area contributed by atoms with Crippen molar-refractivity contribution in [3.05, 3.63) is 77.9 Å². The van der Waals surface area contributed by atoms with Crippen molar-refractivity contribution in [1.29, 1.82) is 0 Å². The molecule has 0 aliphatic rings. The SMILES string of the molecule is COc1ccc(Oc2c(NCc3ccccc3)cc(CBr)cc2S(N)(=O)=O)cc1. The van der Waals surface area contributed by atoms with Crippen LogP contribution in [0.25, 0.3) is 0 Å². The smallest absolute Gasteiger partial charge is 0.241 e. The number of ether oxygens (including phenoxy) is 2. The molecule has 3 aromatic rings. The van der Waals surface area contributed by atoms with Gasteiger partial charge in [-0.15, -0.1) is 0 Å². The molecule has 0 atom stereocenters. The van der Waals surface area contributed by atoms with Crippen molar-refractivity contribution < 1.29 is 17.9 Å². The van der Waals surface area contributed by atoms with Gasteiger partial charge in [-0.1, -0.05) is 46.3 Å². The molecule has 0 aliphatic carbocycles. The molecule has 0 heterocycles. The van der Waals surface area contributed by atoms with E-state index in [1.165, 1.54) is 6.07 Å². The quantitative estimate of drug-likeness (QED) is 0.462. The zero-order valence-electron chi connectivity index (χ0n) is 15.8. The Morgan fingerprint density at radius 1 is 0.966 bits per heavy atom. The second-order valence-electron chi connectivity index (χ2n) is 6.27. The van der Waals surface area contributed by atoms with Crippen molar-refractivity contribution in [3.8, 4) is 17.2 Å². The first-order valence-corrected chi connectivity index (χ1v) is 11.4. The van der Waals surface area contributed by atoms with Gasteiger partial charge in [-0.05, 0) is 47.5 Å². The highest BCUT2D eigenvalue weighted by molar-refractivity contribution is 9.08. The van der Waals surface area contributed by atoms with Crippen molar-refractivity contribution in [2.45, 2.75) is 16.8 Å². The van der Waals surface area contributed by atoms with Gasteiger partial charge in [-0.2, -0.15) is 0 Å². The van der Waals surface area contributed by atoms with Crippen molar-refractivity contribution in [2.75, 3.05) is 12.4 Å². The Labute approximate surface area is 178 Å². The zero-order chi connectivity index (χ0) is 20.9. The van der Waals surface area contributed by atoms with E-state index >= 15 is 0 Å². The third-order valence-electron chi connectivity index (χ3n) is 4.18. The lowest BCUT2D eigenvalue weighted by Crippen LogP contribution is -2.15. The number of sulfonamides is 1. The van der Waals surface area contributed by atoms with E-state index in [1.54, 1.807) is 31.4 Å². The van der Waals surface area contributed by atoms with Crippen LogP contribution in [0.4, 0.5) is 5.69 Å². The minimum absolute atomic E-state index is 0.0826. The largest absolute Gasteiger partial charge is 0.497 e. The van der Waals surface area contributed by atoms with E-state index in [0.29, 0.717) is 29.1 Å². The Morgan fingerprint density at radius 3 is 2.21 bits per heavy atom. The van der Waals surface area contributed by atoms with Crippen LogP contribution in [-0.2, 0) is 21.9 Å². The third kappa shape index (κ3) is 5.50. The Morgan fingerprint density at radius 2 is 1.62 bits per heavy atom. The van der Waals surface area contributed by atoms with Gasteiger partial charge in [0, 0.05) is 11.9 Å². The van der Waals surface area contributed by atoms with E-state index in [0.717, 1.165) is 11.1 Å². The van der Waals surface area contributed by atoms with Crippen LogP contribution in [0.15, 0.2) is 71.6 Å². The van der Waals surface area contributed by atoms with E-state index in [1.807, 2.05) is 36.4 Å². The number of alkyl halides is 1. The highest BCUT2D eigenvalue weighted by Gasteiger charge is 2.21. The van der Waals surface area contributed by atoms with Crippen LogP contribution < -0.4 is 19.9 Å². The van der Waals surface area contributed by atoms with Crippen molar-refractivity contribution in [1.82, 2.24) is 0 Å². The van der Waals surface area contributed by atoms with Crippen molar-refractivity contribution >= 4 is 31.6 Å². The molecular formula is C21H21BrN2O4S. The summed E-state index contributed by atoms with van der Waals surface area (Å²) >= 11 is 3.38. The summed E-state index contributed by atoms with van der Waals surface area (Å²) in [5.74, 6) is 1.28. The number of primary sulfonamides is 1. The van der Waals surface area contributed by atoms with E-state index in [2.05, 4.69) is 21.2 Å². The number of nitrogens with two attached hydrogens (primary N) is 1. The van der Waals surface area contributed by atoms with Gasteiger partial charge >= 0.3 is 0 Å². The predicted molar refractivity (Wildman–Crippen MR) is 117 cm³/mol. The van der Waals surface area contributed by atoms with Crippen LogP contribution in [0.2, 0.25) is 0 Å². The summed E-state index contributed by atoms with van der Waals surface area (Å²) in [4.78, 5) is -0.0826. The predicted octanol–water partition coefficient (Wildman–Crippen LogP) is 4.64. The number of rotatable bonds is 8. The molecule has 29 heavy (non-hydrogen) atoms. The van der Waals surface area contributed by atoms with Gasteiger partial charge in [0.15, 0.2) is 5.75 Å². The van der Waals surface area contributed by atoms with Crippen LogP contribution in [-0.4, -0.2) is 15.5 Å². The Bertz CT molecular complexity index is 1070. The fraction of sp³-hybridized carbons (Fsp3) is 0.143. The summed E-state index contributed by atoms with van der Waals surface area (Å²) in [7, 11) is -2.45. The van der Waals surface area contributed by atoms with Gasteiger partial charge in [-0.25, -0.2) is 13.6 Å². The molecule has 0 saturated carbocycles. The fourth-order valence-corrected chi connectivity index (χ4v) is 3.79. The first-order valence-electron chi connectivity index (χ1n) is 8.76. The summed E-state index contributed by atoms with van der Waals surface area (Å²) in [6, 6.07) is 20.0. The molecule has 0 spiro atoms. The minimum atomic E-state index is -4.01. The normalized spacial score (nSPS) is 11.1. The van der Waals surface area contributed by atoms with Crippen LogP contribution in [0.3, 0.4) is 0 Å². The maximum absolute atomic E-state index is 12.3. The van der Waals surface area contributed by atoms with Gasteiger partial charge in [0.2, 0.25) is 10.0 Å². The average molecular weight is 477 g/mol. The number of anilines is 1. The third-order valence-corrected chi connectivity index (χ3v) is 5.74. The van der Waals surface area contributed by atoms with Crippen LogP contribution in [0, 0.1) is 0 Å². The second-order valence-corrected chi connectivity index (χ2v) is 8.36. The molecule has 0 fully saturated rings. The molecule has 0 radical (unpaired) electrons. The number of methoxy groups -OCH3 is 1. The van der Waals surface area contributed by atoms with E-state index < -0.39 is 10.0 Å². The highest BCUT2D eigenvalue weighted by atomic mass is 79.9. The molecule has 0 unspecified atom stereocenters. The molecular weight excluding hydrogens is 456 g/mol. The molecule has 8 heteroatoms. The number of halogens is 1. The van der Waals surface area contributed by atoms with Crippen molar-refractivity contribution in [2.24, 2.45) is 5.14 Å². The first kappa shape index (κ1) is 21.2. The first-order chi connectivity index (χ1) is 13.9. The number of hydrogen-bond donors (Lipinski definition) is 2. The summed E-state index contributed by atoms with van der Waals surface area (Å²) in [6.07, 6.45) is 0. The maximum atomic E-state index is 12.3. The molecule has 0 aromatic heterocycles. The molecule has 3 rings (SSSR count). The Balaban J connectivity index is 2.03. The van der Waals surface area contributed by atoms with E-state index in [4.69, 9.17) is 14.6 Å². The van der Waals surface area contributed by atoms with Crippen LogP contribution in [0.1, 0.15) is 11.1 Å². The number of nitrogens with one attached hydrogen (secondary N) is 1. The summed E-state index contributed by atoms with van der Waals surface area (Å²) in [5.41, 5.74) is 2.33. The lowest BCUT2D eigenvalue weighted by atomic mass is 10.1. The standard InChI is InChI=1S/C21H21BrN2O4S/c1-27-17-7-9-18(10-8-17)28-21-19(24-14-15-5-3-2-4-6-15)11-16(13-22)12-20(21)29(23,25)26/h2-12,24H,13-14H2,1H3,(H2,23,25,26). The molecule has 0 aliphatic heterocycles. The molecule has 3 N–H and O–H groups in total. The molecule has 152 valence electrons. The van der Waals surface area contributed by atoms with Crippen molar-refractivity contribution in [3.63, 3.8) is 0 Å². The van der Waals surface area contributed by atoms with E-state index in [-0.39, 0.29) is 10.6 Å². The summed E-state index contributed by atoms with van der Waals surface area (Å²) in [5, 5.41) is 9.23. The summed E-state index contributed by atoms with van der Waals surface area (Å²) < 4.78 is 35.7. The average Bonchev–Trinajstić information content (AvgIpc) is 2.73. The van der Waals surface area contributed by atoms with Crippen LogP contribution in [0.5, 0.6) is 17.2 Å². The molecule has 3 aromatic carbocycles. The zero-order valence-corrected chi connectivity index (χ0v) is 18.2. The van der Waals surface area contributed by atoms with Gasteiger partial charge < -0.3 is 14.8 Å². The Hall–Kier alpha value is -2.55. The maximum Gasteiger partial charge on any atom is 0.241 e. The number of hydrogen-bond acceptors (Lipinski definition) is 5.